The molecule has 3 fully saturated rings. The van der Waals surface area contributed by atoms with E-state index < -0.39 is 29.7 Å². The summed E-state index contributed by atoms with van der Waals surface area (Å²) in [4.78, 5) is 36.3. The van der Waals surface area contributed by atoms with Crippen molar-refractivity contribution in [3.63, 3.8) is 0 Å². The maximum Gasteiger partial charge on any atom is 0.321 e. The van der Waals surface area contributed by atoms with E-state index in [4.69, 9.17) is 23.2 Å². The molecule has 2 aliphatic carbocycles. The molecule has 0 aromatic heterocycles. The van der Waals surface area contributed by atoms with E-state index in [1.54, 1.807) is 0 Å². The number of rotatable bonds is 4. The maximum atomic E-state index is 14.8. The first kappa shape index (κ1) is 20.4. The monoisotopic (exact) mass is 441 g/mol. The van der Waals surface area contributed by atoms with Gasteiger partial charge in [-0.1, -0.05) is 23.2 Å². The van der Waals surface area contributed by atoms with Crippen LogP contribution in [0.2, 0.25) is 10.0 Å². The summed E-state index contributed by atoms with van der Waals surface area (Å²) in [6.45, 7) is 0.0966. The number of urea groups is 1. The molecule has 4 rings (SSSR count). The summed E-state index contributed by atoms with van der Waals surface area (Å²) >= 11 is 12.5. The Balaban J connectivity index is 1.57. The molecule has 3 N–H and O–H groups in total. The van der Waals surface area contributed by atoms with Crippen LogP contribution < -0.4 is 16.0 Å². The lowest BCUT2D eigenvalue weighted by molar-refractivity contribution is -0.127. The van der Waals surface area contributed by atoms with Crippen molar-refractivity contribution in [3.05, 3.63) is 33.6 Å². The zero-order chi connectivity index (χ0) is 20.7. The van der Waals surface area contributed by atoms with E-state index in [-0.39, 0.29) is 46.8 Å². The number of amides is 4. The van der Waals surface area contributed by atoms with Crippen LogP contribution in [0.5, 0.6) is 0 Å². The number of hydrogen-bond acceptors (Lipinski definition) is 3. The third-order valence-corrected chi connectivity index (χ3v) is 7.11. The van der Waals surface area contributed by atoms with Crippen molar-refractivity contribution in [2.24, 2.45) is 23.7 Å². The highest BCUT2D eigenvalue weighted by molar-refractivity contribution is 6.42. The first-order chi connectivity index (χ1) is 13.8. The first-order valence-corrected chi connectivity index (χ1v) is 10.6. The molecule has 9 heteroatoms. The molecule has 1 aliphatic heterocycles. The minimum Gasteiger partial charge on any atom is -0.349 e. The fraction of sp³-hybridized carbons (Fsp3) is 0.550. The van der Waals surface area contributed by atoms with Gasteiger partial charge < -0.3 is 10.6 Å². The van der Waals surface area contributed by atoms with Gasteiger partial charge in [0.15, 0.2) is 0 Å². The van der Waals surface area contributed by atoms with Crippen molar-refractivity contribution >= 4 is 41.0 Å². The number of carbonyl (C=O) groups excluding carboxylic acids is 3. The van der Waals surface area contributed by atoms with Crippen LogP contribution >= 0.6 is 23.2 Å². The lowest BCUT2D eigenvalue weighted by Crippen LogP contribution is -2.48. The van der Waals surface area contributed by atoms with Crippen LogP contribution in [0.15, 0.2) is 12.1 Å². The molecule has 156 valence electrons. The molecule has 0 bridgehead atoms. The minimum atomic E-state index is -0.621. The summed E-state index contributed by atoms with van der Waals surface area (Å²) in [5.41, 5.74) is 0.214. The van der Waals surface area contributed by atoms with Crippen molar-refractivity contribution < 1.29 is 18.8 Å². The second kappa shape index (κ2) is 8.11. The Morgan fingerprint density at radius 3 is 2.62 bits per heavy atom. The number of imide groups is 1. The molecule has 1 saturated heterocycles. The predicted octanol–water partition coefficient (Wildman–Crippen LogP) is 3.57. The lowest BCUT2D eigenvalue weighted by atomic mass is 9.87. The molecule has 6 nitrogen and oxygen atoms in total. The fourth-order valence-electron chi connectivity index (χ4n) is 4.64. The maximum absolute atomic E-state index is 14.8. The molecule has 1 aromatic rings. The number of hydrogen-bond donors (Lipinski definition) is 3. The van der Waals surface area contributed by atoms with Crippen molar-refractivity contribution in [2.45, 2.75) is 38.1 Å². The third-order valence-electron chi connectivity index (χ3n) is 6.29. The summed E-state index contributed by atoms with van der Waals surface area (Å²) < 4.78 is 14.8. The average Bonchev–Trinajstić information content (AvgIpc) is 3.27. The number of benzene rings is 1. The van der Waals surface area contributed by atoms with E-state index >= 15 is 0 Å². The van der Waals surface area contributed by atoms with Gasteiger partial charge >= 0.3 is 6.03 Å². The van der Waals surface area contributed by atoms with Gasteiger partial charge in [-0.15, -0.1) is 0 Å². The van der Waals surface area contributed by atoms with E-state index in [0.29, 0.717) is 11.8 Å². The van der Waals surface area contributed by atoms with Gasteiger partial charge in [0.1, 0.15) is 5.82 Å². The molecule has 4 amide bonds. The Hall–Kier alpha value is -1.86. The van der Waals surface area contributed by atoms with Crippen LogP contribution in [-0.2, 0) is 9.59 Å². The van der Waals surface area contributed by atoms with E-state index in [0.717, 1.165) is 12.8 Å². The SMILES string of the molecule is O=C1CC[C@H](C(=O)N[C@@H](c2c(F)ccc(Cl)c2Cl)C2C[C@@H]3C[C@@H]3C2)CNC(=O)N1. The highest BCUT2D eigenvalue weighted by atomic mass is 35.5. The largest absolute Gasteiger partial charge is 0.349 e. The highest BCUT2D eigenvalue weighted by Crippen LogP contribution is 2.57. The Morgan fingerprint density at radius 1 is 1.17 bits per heavy atom. The number of fused-ring (bicyclic) bond motifs is 1. The van der Waals surface area contributed by atoms with Crippen LogP contribution in [0.4, 0.5) is 9.18 Å². The van der Waals surface area contributed by atoms with E-state index in [1.807, 2.05) is 0 Å². The summed E-state index contributed by atoms with van der Waals surface area (Å²) in [6, 6.07) is 1.44. The van der Waals surface area contributed by atoms with Gasteiger partial charge in [-0.3, -0.25) is 14.9 Å². The van der Waals surface area contributed by atoms with Crippen LogP contribution in [0, 0.1) is 29.5 Å². The highest BCUT2D eigenvalue weighted by Gasteiger charge is 2.49. The number of halogens is 3. The van der Waals surface area contributed by atoms with E-state index in [9.17, 15) is 18.8 Å². The molecule has 3 aliphatic rings. The molecule has 5 atom stereocenters. The van der Waals surface area contributed by atoms with Gasteiger partial charge in [-0.2, -0.15) is 0 Å². The predicted molar refractivity (Wildman–Crippen MR) is 106 cm³/mol. The smallest absolute Gasteiger partial charge is 0.321 e. The molecule has 29 heavy (non-hydrogen) atoms. The third kappa shape index (κ3) is 4.36. The van der Waals surface area contributed by atoms with Crippen LogP contribution in [0.25, 0.3) is 0 Å². The summed E-state index contributed by atoms with van der Waals surface area (Å²) in [7, 11) is 0. The Morgan fingerprint density at radius 2 is 1.90 bits per heavy atom. The summed E-state index contributed by atoms with van der Waals surface area (Å²) in [5.74, 6) is -0.535. The molecule has 0 spiro atoms. The van der Waals surface area contributed by atoms with Gasteiger partial charge in [-0.05, 0) is 55.6 Å². The average molecular weight is 442 g/mol. The molecule has 2 saturated carbocycles. The van der Waals surface area contributed by atoms with Crippen molar-refractivity contribution in [2.75, 3.05) is 6.54 Å². The second-order valence-corrected chi connectivity index (χ2v) is 9.01. The molecular formula is C20H22Cl2FN3O3. The standard InChI is InChI=1S/C20H22Cl2FN3O3/c21-13-2-3-14(23)16(17(13)22)18(12-6-10-5-11(10)7-12)26-19(28)9-1-4-15(27)25-20(29)24-8-9/h2-3,9-12,18H,1,4-8H2,(H,26,28)(H2,24,25,27,29)/t9-,10-,11+,12?,18+/m0/s1. The van der Waals surface area contributed by atoms with Gasteiger partial charge in [-0.25, -0.2) is 9.18 Å². The Bertz CT molecular complexity index is 838. The number of carbonyl (C=O) groups is 3. The summed E-state index contributed by atoms with van der Waals surface area (Å²) in [6.07, 6.45) is 3.35. The quantitative estimate of drug-likeness (QED) is 0.624. The van der Waals surface area contributed by atoms with E-state index in [1.165, 1.54) is 18.6 Å². The molecule has 0 radical (unpaired) electrons. The van der Waals surface area contributed by atoms with Crippen LogP contribution in [0.1, 0.15) is 43.7 Å². The summed E-state index contributed by atoms with van der Waals surface area (Å²) in [5, 5.41) is 8.02. The van der Waals surface area contributed by atoms with Gasteiger partial charge in [0.2, 0.25) is 11.8 Å². The van der Waals surface area contributed by atoms with Crippen LogP contribution in [0.3, 0.4) is 0 Å². The van der Waals surface area contributed by atoms with Gasteiger partial charge in [0.05, 0.1) is 22.0 Å². The second-order valence-electron chi connectivity index (χ2n) is 8.22. The van der Waals surface area contributed by atoms with Gasteiger partial charge in [0.25, 0.3) is 0 Å². The van der Waals surface area contributed by atoms with Gasteiger partial charge in [0, 0.05) is 18.5 Å². The topological polar surface area (TPSA) is 87.3 Å². The molecule has 1 unspecified atom stereocenters. The zero-order valence-corrected chi connectivity index (χ0v) is 17.2. The van der Waals surface area contributed by atoms with Crippen molar-refractivity contribution in [3.8, 4) is 0 Å². The number of nitrogens with one attached hydrogen (secondary N) is 3. The lowest BCUT2D eigenvalue weighted by Gasteiger charge is -2.30. The molecule has 1 aromatic carbocycles. The Labute approximate surface area is 177 Å². The molecule has 1 heterocycles. The zero-order valence-electron chi connectivity index (χ0n) is 15.6. The normalized spacial score (nSPS) is 29.8. The first-order valence-electron chi connectivity index (χ1n) is 9.85. The minimum absolute atomic E-state index is 0.0655. The van der Waals surface area contributed by atoms with Crippen molar-refractivity contribution in [1.29, 1.82) is 0 Å². The van der Waals surface area contributed by atoms with Crippen molar-refractivity contribution in [1.82, 2.24) is 16.0 Å². The molecular weight excluding hydrogens is 420 g/mol. The Kier molecular flexibility index (Phi) is 5.71. The van der Waals surface area contributed by atoms with Crippen LogP contribution in [-0.4, -0.2) is 24.4 Å². The fourth-order valence-corrected chi connectivity index (χ4v) is 5.07. The van der Waals surface area contributed by atoms with E-state index in [2.05, 4.69) is 16.0 Å².